The van der Waals surface area contributed by atoms with Gasteiger partial charge in [0, 0.05) is 12.3 Å². The van der Waals surface area contributed by atoms with Crippen LogP contribution in [0.5, 0.6) is 0 Å². The van der Waals surface area contributed by atoms with Gasteiger partial charge < -0.3 is 4.42 Å². The van der Waals surface area contributed by atoms with E-state index >= 15 is 0 Å². The predicted octanol–water partition coefficient (Wildman–Crippen LogP) is 2.64. The average Bonchev–Trinajstić information content (AvgIpc) is 2.36. The van der Waals surface area contributed by atoms with Crippen LogP contribution in [0.25, 0.3) is 6.08 Å². The highest BCUT2D eigenvalue weighted by atomic mass is 16.3. The number of hydrogen-bond acceptors (Lipinski definition) is 2. The standard InChI is InChI=1S/C8H9NO/c1-3-8-7(9-4-2)5-6-10-8/h3-6H,1H2,2H3. The number of aliphatic imine (C=N–C) groups is 1. The SMILES string of the molecule is C=Cc1occc1N=CC. The lowest BCUT2D eigenvalue weighted by Crippen LogP contribution is -1.63. The summed E-state index contributed by atoms with van der Waals surface area (Å²) in [5.41, 5.74) is 0.831. The predicted molar refractivity (Wildman–Crippen MR) is 42.6 cm³/mol. The first kappa shape index (κ1) is 6.81. The molecule has 1 heterocycles. The number of hydrogen-bond donors (Lipinski definition) is 0. The van der Waals surface area contributed by atoms with Gasteiger partial charge in [-0.15, -0.1) is 0 Å². The van der Waals surface area contributed by atoms with Crippen LogP contribution in [0, 0.1) is 0 Å². The van der Waals surface area contributed by atoms with E-state index in [1.54, 1.807) is 24.6 Å². The van der Waals surface area contributed by atoms with Crippen molar-refractivity contribution in [1.29, 1.82) is 0 Å². The summed E-state index contributed by atoms with van der Waals surface area (Å²) in [6, 6.07) is 1.80. The van der Waals surface area contributed by atoms with Gasteiger partial charge in [-0.2, -0.15) is 0 Å². The molecule has 2 heteroatoms. The van der Waals surface area contributed by atoms with E-state index in [4.69, 9.17) is 4.42 Å². The first-order chi connectivity index (χ1) is 4.88. The van der Waals surface area contributed by atoms with Gasteiger partial charge in [0.15, 0.2) is 5.76 Å². The molecule has 0 saturated heterocycles. The van der Waals surface area contributed by atoms with Crippen LogP contribution in [0.15, 0.2) is 28.3 Å². The van der Waals surface area contributed by atoms with Gasteiger partial charge >= 0.3 is 0 Å². The lowest BCUT2D eigenvalue weighted by Gasteiger charge is -1.85. The van der Waals surface area contributed by atoms with E-state index in [1.165, 1.54) is 0 Å². The van der Waals surface area contributed by atoms with Crippen LogP contribution >= 0.6 is 0 Å². The first-order valence-electron chi connectivity index (χ1n) is 3.07. The quantitative estimate of drug-likeness (QED) is 0.572. The molecule has 0 N–H and O–H groups in total. The molecule has 0 amide bonds. The lowest BCUT2D eigenvalue weighted by molar-refractivity contribution is 0.558. The summed E-state index contributed by atoms with van der Waals surface area (Å²) >= 11 is 0. The van der Waals surface area contributed by atoms with E-state index in [1.807, 2.05) is 6.92 Å². The summed E-state index contributed by atoms with van der Waals surface area (Å²) in [4.78, 5) is 4.05. The van der Waals surface area contributed by atoms with Crippen molar-refractivity contribution in [2.24, 2.45) is 4.99 Å². The van der Waals surface area contributed by atoms with Gasteiger partial charge in [-0.1, -0.05) is 6.58 Å². The van der Waals surface area contributed by atoms with Crippen LogP contribution in [-0.2, 0) is 0 Å². The van der Waals surface area contributed by atoms with E-state index in [9.17, 15) is 0 Å². The molecule has 0 unspecified atom stereocenters. The minimum absolute atomic E-state index is 0.720. The van der Waals surface area contributed by atoms with E-state index in [0.29, 0.717) is 0 Å². The number of nitrogens with zero attached hydrogens (tertiary/aromatic N) is 1. The fourth-order valence-corrected chi connectivity index (χ4v) is 0.713. The second-order valence-corrected chi connectivity index (χ2v) is 1.76. The Bertz CT molecular complexity index is 248. The monoisotopic (exact) mass is 135 g/mol. The van der Waals surface area contributed by atoms with Gasteiger partial charge in [0.05, 0.1) is 6.26 Å². The maximum Gasteiger partial charge on any atom is 0.151 e. The molecular formula is C8H9NO. The molecule has 0 aliphatic heterocycles. The third-order valence-electron chi connectivity index (χ3n) is 1.13. The summed E-state index contributed by atoms with van der Waals surface area (Å²) in [5, 5.41) is 0. The van der Waals surface area contributed by atoms with Crippen molar-refractivity contribution in [2.45, 2.75) is 6.92 Å². The maximum atomic E-state index is 5.03. The molecule has 1 aromatic heterocycles. The average molecular weight is 135 g/mol. The van der Waals surface area contributed by atoms with Crippen molar-refractivity contribution >= 4 is 18.0 Å². The first-order valence-corrected chi connectivity index (χ1v) is 3.07. The van der Waals surface area contributed by atoms with Crippen molar-refractivity contribution in [3.05, 3.63) is 24.7 Å². The van der Waals surface area contributed by atoms with Crippen molar-refractivity contribution < 1.29 is 4.42 Å². The Balaban J connectivity index is 3.00. The zero-order chi connectivity index (χ0) is 7.40. The molecular weight excluding hydrogens is 126 g/mol. The summed E-state index contributed by atoms with van der Waals surface area (Å²) in [6.07, 6.45) is 4.96. The second kappa shape index (κ2) is 3.01. The summed E-state index contributed by atoms with van der Waals surface area (Å²) in [5.74, 6) is 0.720. The summed E-state index contributed by atoms with van der Waals surface area (Å²) < 4.78 is 5.03. The van der Waals surface area contributed by atoms with Crippen LogP contribution in [0.1, 0.15) is 12.7 Å². The Morgan fingerprint density at radius 3 is 3.10 bits per heavy atom. The molecule has 1 rings (SSSR count). The second-order valence-electron chi connectivity index (χ2n) is 1.76. The van der Waals surface area contributed by atoms with Crippen LogP contribution in [0.2, 0.25) is 0 Å². The highest BCUT2D eigenvalue weighted by Gasteiger charge is 1.96. The van der Waals surface area contributed by atoms with E-state index < -0.39 is 0 Å². The molecule has 0 spiro atoms. The number of furan rings is 1. The minimum atomic E-state index is 0.720. The highest BCUT2D eigenvalue weighted by molar-refractivity contribution is 5.65. The molecule has 0 radical (unpaired) electrons. The molecule has 0 fully saturated rings. The topological polar surface area (TPSA) is 25.5 Å². The Kier molecular flexibility index (Phi) is 2.05. The third-order valence-corrected chi connectivity index (χ3v) is 1.13. The Morgan fingerprint density at radius 1 is 1.70 bits per heavy atom. The molecule has 1 aromatic rings. The van der Waals surface area contributed by atoms with Crippen molar-refractivity contribution in [3.8, 4) is 0 Å². The molecule has 0 bridgehead atoms. The maximum absolute atomic E-state index is 5.03. The summed E-state index contributed by atoms with van der Waals surface area (Å²) in [7, 11) is 0. The van der Waals surface area contributed by atoms with Crippen LogP contribution in [0.3, 0.4) is 0 Å². The van der Waals surface area contributed by atoms with Crippen molar-refractivity contribution in [1.82, 2.24) is 0 Å². The van der Waals surface area contributed by atoms with E-state index in [-0.39, 0.29) is 0 Å². The van der Waals surface area contributed by atoms with Crippen molar-refractivity contribution in [3.63, 3.8) is 0 Å². The van der Waals surface area contributed by atoms with Gasteiger partial charge in [0.1, 0.15) is 5.69 Å². The third kappa shape index (κ3) is 1.16. The normalized spacial score (nSPS) is 10.5. The van der Waals surface area contributed by atoms with Gasteiger partial charge in [0.25, 0.3) is 0 Å². The zero-order valence-electron chi connectivity index (χ0n) is 5.87. The highest BCUT2D eigenvalue weighted by Crippen LogP contribution is 2.20. The molecule has 2 nitrogen and oxygen atoms in total. The largest absolute Gasteiger partial charge is 0.463 e. The molecule has 0 aromatic carbocycles. The van der Waals surface area contributed by atoms with Crippen LogP contribution < -0.4 is 0 Å². The fraction of sp³-hybridized carbons (Fsp3) is 0.125. The van der Waals surface area contributed by atoms with Crippen LogP contribution in [-0.4, -0.2) is 6.21 Å². The van der Waals surface area contributed by atoms with Crippen LogP contribution in [0.4, 0.5) is 5.69 Å². The zero-order valence-corrected chi connectivity index (χ0v) is 5.87. The molecule has 0 saturated carbocycles. The van der Waals surface area contributed by atoms with E-state index in [2.05, 4.69) is 11.6 Å². The van der Waals surface area contributed by atoms with Gasteiger partial charge in [-0.3, -0.25) is 4.99 Å². The molecule has 52 valence electrons. The molecule has 0 atom stereocenters. The Labute approximate surface area is 59.9 Å². The fourth-order valence-electron chi connectivity index (χ4n) is 0.713. The Hall–Kier alpha value is -1.31. The minimum Gasteiger partial charge on any atom is -0.463 e. The van der Waals surface area contributed by atoms with Gasteiger partial charge in [-0.05, 0) is 13.0 Å². The van der Waals surface area contributed by atoms with Gasteiger partial charge in [0.2, 0.25) is 0 Å². The van der Waals surface area contributed by atoms with Gasteiger partial charge in [-0.25, -0.2) is 0 Å². The molecule has 0 aliphatic carbocycles. The Morgan fingerprint density at radius 2 is 2.50 bits per heavy atom. The van der Waals surface area contributed by atoms with Crippen molar-refractivity contribution in [2.75, 3.05) is 0 Å². The van der Waals surface area contributed by atoms with E-state index in [0.717, 1.165) is 11.4 Å². The number of rotatable bonds is 2. The smallest absolute Gasteiger partial charge is 0.151 e. The molecule has 0 aliphatic rings. The lowest BCUT2D eigenvalue weighted by atomic mass is 10.4. The summed E-state index contributed by atoms with van der Waals surface area (Å²) in [6.45, 7) is 5.44. The molecule has 10 heavy (non-hydrogen) atoms.